The first-order chi connectivity index (χ1) is 7.49. The average molecular weight is 278 g/mol. The molecule has 7 heteroatoms. The van der Waals surface area contributed by atoms with Gasteiger partial charge in [-0.1, -0.05) is 22.4 Å². The lowest BCUT2D eigenvalue weighted by Gasteiger charge is -2.07. The second-order valence-electron chi connectivity index (χ2n) is 2.87. The Balaban J connectivity index is 3.10. The van der Waals surface area contributed by atoms with E-state index in [2.05, 4.69) is 11.7 Å². The molecule has 0 aliphatic carbocycles. The molecule has 4 nitrogen and oxygen atoms in total. The van der Waals surface area contributed by atoms with Crippen LogP contribution < -0.4 is 0 Å². The van der Waals surface area contributed by atoms with Gasteiger partial charge < -0.3 is 10.2 Å². The Labute approximate surface area is 106 Å². The third-order valence-electron chi connectivity index (χ3n) is 1.84. The summed E-state index contributed by atoms with van der Waals surface area (Å²) in [6.07, 6.45) is 0. The third kappa shape index (κ3) is 2.63. The number of Topliss-reactive ketones (excluding diaryl/α,β-unsaturated/α-hetero) is 1. The fraction of sp³-hybridized carbons (Fsp3) is 0.111. The molecule has 0 saturated carbocycles. The molecule has 0 saturated heterocycles. The van der Waals surface area contributed by atoms with E-state index in [1.807, 2.05) is 0 Å². The minimum atomic E-state index is -0.532. The van der Waals surface area contributed by atoms with Gasteiger partial charge in [-0.05, 0) is 12.1 Å². The molecule has 86 valence electrons. The molecule has 3 N–H and O–H groups in total. The first-order valence-corrected chi connectivity index (χ1v) is 6.49. The van der Waals surface area contributed by atoms with Crippen LogP contribution in [0.2, 0.25) is 5.02 Å². The van der Waals surface area contributed by atoms with E-state index in [9.17, 15) is 9.90 Å². The number of phenols is 2. The van der Waals surface area contributed by atoms with Crippen LogP contribution in [-0.2, 0) is 4.79 Å². The zero-order valence-electron chi connectivity index (χ0n) is 7.90. The van der Waals surface area contributed by atoms with Crippen LogP contribution in [0.3, 0.4) is 0 Å². The van der Waals surface area contributed by atoms with Gasteiger partial charge in [-0.3, -0.25) is 10.2 Å². The van der Waals surface area contributed by atoms with Crippen molar-refractivity contribution in [1.82, 2.24) is 0 Å². The van der Waals surface area contributed by atoms with Crippen LogP contribution in [0.15, 0.2) is 12.1 Å². The van der Waals surface area contributed by atoms with Crippen molar-refractivity contribution in [3.8, 4) is 11.5 Å². The Hall–Kier alpha value is -0.850. The Morgan fingerprint density at radius 1 is 1.50 bits per heavy atom. The molecule has 0 bridgehead atoms. The molecule has 0 atom stereocenters. The largest absolute Gasteiger partial charge is 0.504 e. The molecule has 0 unspecified atom stereocenters. The van der Waals surface area contributed by atoms with E-state index in [0.717, 1.165) is 10.8 Å². The lowest BCUT2D eigenvalue weighted by Crippen LogP contribution is -2.16. The number of phenolic OH excluding ortho intramolecular Hbond substituents is 2. The Morgan fingerprint density at radius 2 is 2.12 bits per heavy atom. The fourth-order valence-corrected chi connectivity index (χ4v) is 1.90. The van der Waals surface area contributed by atoms with Gasteiger partial charge in [0.15, 0.2) is 17.3 Å². The zero-order chi connectivity index (χ0) is 12.3. The fourth-order valence-electron chi connectivity index (χ4n) is 1.03. The predicted octanol–water partition coefficient (Wildman–Crippen LogP) is 2.27. The number of benzene rings is 1. The van der Waals surface area contributed by atoms with Crippen molar-refractivity contribution in [2.24, 2.45) is 0 Å². The summed E-state index contributed by atoms with van der Waals surface area (Å²) in [4.78, 5) is 11.4. The maximum Gasteiger partial charge on any atom is 0.191 e. The second kappa shape index (κ2) is 5.47. The highest BCUT2D eigenvalue weighted by molar-refractivity contribution is 8.68. The number of ketones is 1. The maximum atomic E-state index is 11.4. The highest BCUT2D eigenvalue weighted by Gasteiger charge is 2.18. The van der Waals surface area contributed by atoms with E-state index in [-0.39, 0.29) is 22.1 Å². The summed E-state index contributed by atoms with van der Waals surface area (Å²) in [7, 11) is 0.995. The van der Waals surface area contributed by atoms with Crippen molar-refractivity contribution in [2.45, 2.75) is 0 Å². The van der Waals surface area contributed by atoms with Crippen molar-refractivity contribution >= 4 is 45.6 Å². The Kier molecular flexibility index (Phi) is 4.52. The lowest BCUT2D eigenvalue weighted by atomic mass is 10.1. The van der Waals surface area contributed by atoms with E-state index < -0.39 is 17.3 Å². The first kappa shape index (κ1) is 13.2. The number of aromatic hydroxyl groups is 2. The van der Waals surface area contributed by atoms with Gasteiger partial charge >= 0.3 is 0 Å². The van der Waals surface area contributed by atoms with Gasteiger partial charge in [-0.2, -0.15) is 0 Å². The van der Waals surface area contributed by atoms with Crippen LogP contribution in [0.1, 0.15) is 5.56 Å². The van der Waals surface area contributed by atoms with E-state index in [0.29, 0.717) is 0 Å². The molecule has 0 spiro atoms. The smallest absolute Gasteiger partial charge is 0.191 e. The minimum Gasteiger partial charge on any atom is -0.504 e. The molecule has 0 amide bonds. The summed E-state index contributed by atoms with van der Waals surface area (Å²) in [6.45, 7) is 0. The molecule has 0 radical (unpaired) electrons. The van der Waals surface area contributed by atoms with Gasteiger partial charge in [0.05, 0.1) is 10.8 Å². The van der Waals surface area contributed by atoms with Crippen molar-refractivity contribution in [1.29, 1.82) is 5.41 Å². The monoisotopic (exact) mass is 277 g/mol. The van der Waals surface area contributed by atoms with Crippen molar-refractivity contribution in [2.75, 3.05) is 5.75 Å². The minimum absolute atomic E-state index is 0.0416. The number of hydrogen-bond acceptors (Lipinski definition) is 6. The number of halogens is 1. The molecule has 0 aliphatic heterocycles. The first-order valence-electron chi connectivity index (χ1n) is 4.08. The number of carbonyl (C=O) groups excluding carboxylic acids is 1. The van der Waals surface area contributed by atoms with Gasteiger partial charge in [0.25, 0.3) is 0 Å². The number of carbonyl (C=O) groups is 1. The van der Waals surface area contributed by atoms with E-state index in [1.54, 1.807) is 0 Å². The number of rotatable bonds is 4. The van der Waals surface area contributed by atoms with Crippen molar-refractivity contribution in [3.63, 3.8) is 0 Å². The topological polar surface area (TPSA) is 81.4 Å². The van der Waals surface area contributed by atoms with Crippen LogP contribution in [0, 0.1) is 5.41 Å². The zero-order valence-corrected chi connectivity index (χ0v) is 10.4. The molecule has 1 aromatic rings. The normalized spacial score (nSPS) is 10.1. The molecule has 16 heavy (non-hydrogen) atoms. The second-order valence-corrected chi connectivity index (χ2v) is 4.57. The van der Waals surface area contributed by atoms with Crippen molar-refractivity contribution < 1.29 is 15.0 Å². The van der Waals surface area contributed by atoms with Gasteiger partial charge in [0, 0.05) is 5.56 Å². The van der Waals surface area contributed by atoms with Crippen LogP contribution in [0.5, 0.6) is 11.5 Å². The van der Waals surface area contributed by atoms with E-state index >= 15 is 0 Å². The molecule has 1 aromatic carbocycles. The lowest BCUT2D eigenvalue weighted by molar-refractivity contribution is -0.110. The summed E-state index contributed by atoms with van der Waals surface area (Å²) in [6, 6.07) is 2.48. The number of nitrogens with one attached hydrogen (secondary N) is 1. The molecule has 1 rings (SSSR count). The maximum absolute atomic E-state index is 11.4. The van der Waals surface area contributed by atoms with Gasteiger partial charge in [0.2, 0.25) is 0 Å². The Morgan fingerprint density at radius 3 is 2.69 bits per heavy atom. The molecule has 0 aromatic heterocycles. The van der Waals surface area contributed by atoms with Gasteiger partial charge in [0.1, 0.15) is 5.71 Å². The highest BCUT2D eigenvalue weighted by Crippen LogP contribution is 2.35. The van der Waals surface area contributed by atoms with E-state index in [1.165, 1.54) is 12.1 Å². The highest BCUT2D eigenvalue weighted by atomic mass is 35.5. The van der Waals surface area contributed by atoms with Crippen LogP contribution in [-0.4, -0.2) is 27.5 Å². The quantitative estimate of drug-likeness (QED) is 0.295. The standard InChI is InChI=1S/C9H8ClNO3S2/c10-7-4(1-2-5(12)9(7)14)8(11)6(13)3-16-15/h1-2,11-12,14-15H,3H2. The molecule has 0 aliphatic rings. The third-order valence-corrected chi connectivity index (χ3v) is 3.00. The molecule has 0 heterocycles. The van der Waals surface area contributed by atoms with Crippen LogP contribution in [0.25, 0.3) is 0 Å². The number of thiol groups is 1. The summed E-state index contributed by atoms with van der Waals surface area (Å²) < 4.78 is 0. The number of hydrogen-bond donors (Lipinski definition) is 4. The predicted molar refractivity (Wildman–Crippen MR) is 68.1 cm³/mol. The van der Waals surface area contributed by atoms with Crippen LogP contribution >= 0.6 is 34.1 Å². The molecular formula is C9H8ClNO3S2. The molecular weight excluding hydrogens is 270 g/mol. The van der Waals surface area contributed by atoms with E-state index in [4.69, 9.17) is 22.1 Å². The van der Waals surface area contributed by atoms with Gasteiger partial charge in [-0.25, -0.2) is 0 Å². The SMILES string of the molecule is N=C(C(=O)CSS)c1ccc(O)c(O)c1Cl. The summed E-state index contributed by atoms with van der Waals surface area (Å²) in [5, 5.41) is 25.8. The summed E-state index contributed by atoms with van der Waals surface area (Å²) in [5.41, 5.74) is -0.230. The summed E-state index contributed by atoms with van der Waals surface area (Å²) in [5.74, 6) is -1.33. The molecule has 0 fully saturated rings. The van der Waals surface area contributed by atoms with Gasteiger partial charge in [-0.15, -0.1) is 11.7 Å². The Bertz CT molecular complexity index is 451. The van der Waals surface area contributed by atoms with Crippen molar-refractivity contribution in [3.05, 3.63) is 22.7 Å². The average Bonchev–Trinajstić information content (AvgIpc) is 2.26. The van der Waals surface area contributed by atoms with Crippen LogP contribution in [0.4, 0.5) is 0 Å². The summed E-state index contributed by atoms with van der Waals surface area (Å²) >= 11 is 9.51.